The fraction of sp³-hybridized carbons (Fsp3) is 0.800. The van der Waals surface area contributed by atoms with E-state index in [1.807, 2.05) is 11.9 Å². The summed E-state index contributed by atoms with van der Waals surface area (Å²) < 4.78 is 4.90. The first-order valence-corrected chi connectivity index (χ1v) is 5.17. The highest BCUT2D eigenvalue weighted by Gasteiger charge is 2.19. The van der Waals surface area contributed by atoms with Gasteiger partial charge in [-0.05, 0) is 14.0 Å². The predicted molar refractivity (Wildman–Crippen MR) is 59.2 cm³/mol. The molecule has 0 aromatic rings. The van der Waals surface area contributed by atoms with E-state index < -0.39 is 17.8 Å². The lowest BCUT2D eigenvalue weighted by Gasteiger charge is -2.16. The second-order valence-electron chi connectivity index (χ2n) is 3.65. The summed E-state index contributed by atoms with van der Waals surface area (Å²) in [5, 5.41) is 11.2. The molecule has 0 aliphatic carbocycles. The summed E-state index contributed by atoms with van der Waals surface area (Å²) in [4.78, 5) is 23.7. The van der Waals surface area contributed by atoms with Crippen LogP contribution < -0.4 is 5.32 Å². The summed E-state index contributed by atoms with van der Waals surface area (Å²) in [6.07, 6.45) is 0. The van der Waals surface area contributed by atoms with Crippen molar-refractivity contribution < 1.29 is 19.4 Å². The number of ether oxygens (including phenoxy) is 1. The van der Waals surface area contributed by atoms with Gasteiger partial charge in [0.2, 0.25) is 5.91 Å². The van der Waals surface area contributed by atoms with E-state index in [0.717, 1.165) is 6.54 Å². The third-order valence-corrected chi connectivity index (χ3v) is 2.23. The summed E-state index contributed by atoms with van der Waals surface area (Å²) in [5.41, 5.74) is 0. The molecule has 0 aliphatic rings. The van der Waals surface area contributed by atoms with Crippen molar-refractivity contribution in [3.05, 3.63) is 0 Å². The van der Waals surface area contributed by atoms with Gasteiger partial charge in [0.25, 0.3) is 0 Å². The van der Waals surface area contributed by atoms with Crippen molar-refractivity contribution in [2.24, 2.45) is 5.92 Å². The third kappa shape index (κ3) is 6.36. The van der Waals surface area contributed by atoms with E-state index in [1.165, 1.54) is 6.92 Å². The third-order valence-electron chi connectivity index (χ3n) is 2.23. The summed E-state index contributed by atoms with van der Waals surface area (Å²) in [5.74, 6) is -2.55. The van der Waals surface area contributed by atoms with E-state index in [2.05, 4.69) is 5.32 Å². The van der Waals surface area contributed by atoms with Gasteiger partial charge in [-0.1, -0.05) is 0 Å². The van der Waals surface area contributed by atoms with Gasteiger partial charge in [0.05, 0.1) is 6.61 Å². The molecular weight excluding hydrogens is 212 g/mol. The number of carboxylic acids is 1. The Bertz CT molecular complexity index is 233. The predicted octanol–water partition coefficient (Wildman–Crippen LogP) is -0.598. The summed E-state index contributed by atoms with van der Waals surface area (Å²) in [6.45, 7) is 3.89. The summed E-state index contributed by atoms with van der Waals surface area (Å²) in [6, 6.07) is 0. The fourth-order valence-electron chi connectivity index (χ4n) is 0.994. The quantitative estimate of drug-likeness (QED) is 0.546. The zero-order valence-electron chi connectivity index (χ0n) is 10.0. The van der Waals surface area contributed by atoms with Gasteiger partial charge in [0.1, 0.15) is 5.92 Å². The van der Waals surface area contributed by atoms with Crippen LogP contribution in [-0.2, 0) is 14.3 Å². The number of nitrogens with zero attached hydrogens (tertiary/aromatic N) is 1. The first-order chi connectivity index (χ1) is 7.49. The van der Waals surface area contributed by atoms with Gasteiger partial charge in [-0.15, -0.1) is 0 Å². The van der Waals surface area contributed by atoms with Crippen LogP contribution in [0.3, 0.4) is 0 Å². The second kappa shape index (κ2) is 8.06. The monoisotopic (exact) mass is 232 g/mol. The molecule has 94 valence electrons. The number of nitrogens with one attached hydrogen (secondary N) is 1. The Balaban J connectivity index is 3.65. The number of carbonyl (C=O) groups is 2. The lowest BCUT2D eigenvalue weighted by molar-refractivity contribution is -0.146. The number of hydrogen-bond donors (Lipinski definition) is 2. The number of aliphatic carboxylic acids is 1. The van der Waals surface area contributed by atoms with Gasteiger partial charge >= 0.3 is 5.97 Å². The first kappa shape index (κ1) is 14.9. The summed E-state index contributed by atoms with van der Waals surface area (Å²) >= 11 is 0. The molecule has 0 aliphatic heterocycles. The molecule has 0 bridgehead atoms. The van der Waals surface area contributed by atoms with Gasteiger partial charge in [-0.3, -0.25) is 9.59 Å². The van der Waals surface area contributed by atoms with Crippen molar-refractivity contribution in [1.82, 2.24) is 10.2 Å². The highest BCUT2D eigenvalue weighted by molar-refractivity contribution is 5.96. The zero-order valence-corrected chi connectivity index (χ0v) is 10.0. The maximum absolute atomic E-state index is 11.2. The van der Waals surface area contributed by atoms with Crippen molar-refractivity contribution >= 4 is 11.9 Å². The number of carbonyl (C=O) groups excluding carboxylic acids is 1. The molecule has 6 nitrogen and oxygen atoms in total. The first-order valence-electron chi connectivity index (χ1n) is 5.17. The molecule has 1 unspecified atom stereocenters. The average molecular weight is 232 g/mol. The molecule has 0 rings (SSSR count). The van der Waals surface area contributed by atoms with Gasteiger partial charge in [0.15, 0.2) is 0 Å². The van der Waals surface area contributed by atoms with Crippen LogP contribution in [0, 0.1) is 5.92 Å². The molecule has 0 saturated heterocycles. The minimum atomic E-state index is -1.11. The van der Waals surface area contributed by atoms with Crippen molar-refractivity contribution in [2.75, 3.05) is 40.4 Å². The van der Waals surface area contributed by atoms with E-state index in [1.54, 1.807) is 7.11 Å². The Kier molecular flexibility index (Phi) is 7.49. The number of methoxy groups -OCH3 is 1. The lowest BCUT2D eigenvalue weighted by atomic mass is 10.2. The molecule has 16 heavy (non-hydrogen) atoms. The van der Waals surface area contributed by atoms with E-state index in [0.29, 0.717) is 19.7 Å². The Morgan fingerprint density at radius 2 is 2.06 bits per heavy atom. The highest BCUT2D eigenvalue weighted by Crippen LogP contribution is 1.93. The minimum absolute atomic E-state index is 0.441. The molecule has 0 radical (unpaired) electrons. The molecule has 1 atom stereocenters. The van der Waals surface area contributed by atoms with E-state index in [-0.39, 0.29) is 0 Å². The van der Waals surface area contributed by atoms with Gasteiger partial charge < -0.3 is 20.1 Å². The van der Waals surface area contributed by atoms with Crippen molar-refractivity contribution in [3.63, 3.8) is 0 Å². The van der Waals surface area contributed by atoms with Gasteiger partial charge in [-0.25, -0.2) is 0 Å². The van der Waals surface area contributed by atoms with E-state index in [9.17, 15) is 9.59 Å². The number of carboxylic acid groups (broad SMARTS) is 1. The number of amides is 1. The van der Waals surface area contributed by atoms with Gasteiger partial charge in [-0.2, -0.15) is 0 Å². The lowest BCUT2D eigenvalue weighted by Crippen LogP contribution is -2.38. The topological polar surface area (TPSA) is 78.9 Å². The molecule has 0 heterocycles. The van der Waals surface area contributed by atoms with Gasteiger partial charge in [0, 0.05) is 26.7 Å². The standard InChI is InChI=1S/C10H20N2O4/c1-8(10(14)15)9(13)11-4-5-12(2)6-7-16-3/h8H,4-7H2,1-3H3,(H,11,13)(H,14,15). The Hall–Kier alpha value is -1.14. The van der Waals surface area contributed by atoms with Crippen LogP contribution in [0.5, 0.6) is 0 Å². The molecule has 0 saturated carbocycles. The van der Waals surface area contributed by atoms with E-state index >= 15 is 0 Å². The minimum Gasteiger partial charge on any atom is -0.481 e. The van der Waals surface area contributed by atoms with Crippen LogP contribution in [0.25, 0.3) is 0 Å². The fourth-order valence-corrected chi connectivity index (χ4v) is 0.994. The summed E-state index contributed by atoms with van der Waals surface area (Å²) in [7, 11) is 3.54. The number of likely N-dealkylation sites (N-methyl/N-ethyl adjacent to an activating group) is 1. The molecule has 2 N–H and O–H groups in total. The zero-order chi connectivity index (χ0) is 12.6. The largest absolute Gasteiger partial charge is 0.481 e. The Labute approximate surface area is 95.6 Å². The van der Waals surface area contributed by atoms with Crippen molar-refractivity contribution in [1.29, 1.82) is 0 Å². The van der Waals surface area contributed by atoms with Crippen LogP contribution in [0.1, 0.15) is 6.92 Å². The van der Waals surface area contributed by atoms with Crippen LogP contribution in [0.15, 0.2) is 0 Å². The molecular formula is C10H20N2O4. The van der Waals surface area contributed by atoms with Crippen LogP contribution in [-0.4, -0.2) is 62.3 Å². The Morgan fingerprint density at radius 3 is 2.56 bits per heavy atom. The number of hydrogen-bond acceptors (Lipinski definition) is 4. The second-order valence-corrected chi connectivity index (χ2v) is 3.65. The smallest absolute Gasteiger partial charge is 0.315 e. The normalized spacial score (nSPS) is 12.5. The van der Waals surface area contributed by atoms with Crippen LogP contribution in [0.4, 0.5) is 0 Å². The Morgan fingerprint density at radius 1 is 1.44 bits per heavy atom. The van der Waals surface area contributed by atoms with Crippen LogP contribution in [0.2, 0.25) is 0 Å². The maximum atomic E-state index is 11.2. The molecule has 1 amide bonds. The molecule has 0 fully saturated rings. The van der Waals surface area contributed by atoms with E-state index in [4.69, 9.17) is 9.84 Å². The highest BCUT2D eigenvalue weighted by atomic mass is 16.5. The van der Waals surface area contributed by atoms with Crippen molar-refractivity contribution in [2.45, 2.75) is 6.92 Å². The molecule has 0 spiro atoms. The molecule has 0 aromatic heterocycles. The molecule has 6 heteroatoms. The maximum Gasteiger partial charge on any atom is 0.315 e. The number of rotatable bonds is 8. The van der Waals surface area contributed by atoms with Crippen molar-refractivity contribution in [3.8, 4) is 0 Å². The molecule has 0 aromatic carbocycles. The van der Waals surface area contributed by atoms with Crippen LogP contribution >= 0.6 is 0 Å². The SMILES string of the molecule is COCCN(C)CCNC(=O)C(C)C(=O)O. The average Bonchev–Trinajstić information content (AvgIpc) is 2.24.